The maximum Gasteiger partial charge on any atom is 0.263 e. The molecule has 1 aliphatic heterocycles. The van der Waals surface area contributed by atoms with Gasteiger partial charge in [0.2, 0.25) is 0 Å². The maximum absolute atomic E-state index is 12.5. The molecule has 0 bridgehead atoms. The number of nitrogens with one attached hydrogen (secondary N) is 2. The Hall–Kier alpha value is -2.78. The first kappa shape index (κ1) is 17.6. The summed E-state index contributed by atoms with van der Waals surface area (Å²) in [5.41, 5.74) is 2.36. The van der Waals surface area contributed by atoms with E-state index in [-0.39, 0.29) is 16.6 Å². The molecule has 1 amide bonds. The van der Waals surface area contributed by atoms with Gasteiger partial charge in [-0.15, -0.1) is 0 Å². The average Bonchev–Trinajstić information content (AvgIpc) is 3.15. The number of aryl methyl sites for hydroxylation is 1. The minimum absolute atomic E-state index is 0.165. The largest absolute Gasteiger partial charge is 0.300 e. The normalized spacial score (nSPS) is 17.5. The van der Waals surface area contributed by atoms with Gasteiger partial charge < -0.3 is 5.32 Å². The van der Waals surface area contributed by atoms with E-state index >= 15 is 0 Å². The first-order valence-electron chi connectivity index (χ1n) is 8.22. The van der Waals surface area contributed by atoms with E-state index in [0.29, 0.717) is 10.7 Å². The monoisotopic (exact) mass is 400 g/mol. The highest BCUT2D eigenvalue weighted by Gasteiger charge is 2.31. The predicted molar refractivity (Wildman–Crippen MR) is 106 cm³/mol. The fourth-order valence-corrected chi connectivity index (χ4v) is 5.02. The van der Waals surface area contributed by atoms with Crippen LogP contribution in [-0.2, 0) is 14.8 Å². The van der Waals surface area contributed by atoms with Crippen molar-refractivity contribution in [3.05, 3.63) is 53.6 Å². The van der Waals surface area contributed by atoms with Crippen molar-refractivity contribution in [3.63, 3.8) is 0 Å². The SMILES string of the molecule is Cc1cccc2sc(NC(=O)C(C)N=C3NS(=O)(=O)c4ccccc43)nc12. The molecule has 2 heterocycles. The Morgan fingerprint density at radius 2 is 2.00 bits per heavy atom. The minimum atomic E-state index is -3.63. The fraction of sp³-hybridized carbons (Fsp3) is 0.167. The number of carbonyl (C=O) groups excluding carboxylic acids is 1. The molecule has 1 unspecified atom stereocenters. The third-order valence-electron chi connectivity index (χ3n) is 4.22. The molecule has 0 saturated heterocycles. The summed E-state index contributed by atoms with van der Waals surface area (Å²) in [6.07, 6.45) is 0. The molecule has 1 aromatic heterocycles. The van der Waals surface area contributed by atoms with Gasteiger partial charge in [-0.1, -0.05) is 35.6 Å². The molecular weight excluding hydrogens is 384 g/mol. The quantitative estimate of drug-likeness (QED) is 0.706. The molecule has 7 nitrogen and oxygen atoms in total. The Labute approximate surface area is 160 Å². The number of sulfonamides is 1. The van der Waals surface area contributed by atoms with Crippen molar-refractivity contribution in [3.8, 4) is 0 Å². The third-order valence-corrected chi connectivity index (χ3v) is 6.55. The van der Waals surface area contributed by atoms with Gasteiger partial charge >= 0.3 is 0 Å². The van der Waals surface area contributed by atoms with Gasteiger partial charge in [-0.05, 0) is 37.6 Å². The van der Waals surface area contributed by atoms with Crippen LogP contribution >= 0.6 is 11.3 Å². The van der Waals surface area contributed by atoms with Crippen molar-refractivity contribution in [2.24, 2.45) is 4.99 Å². The number of para-hydroxylation sites is 1. The molecule has 2 N–H and O–H groups in total. The molecule has 1 atom stereocenters. The second-order valence-corrected chi connectivity index (χ2v) is 8.87. The number of rotatable bonds is 3. The summed E-state index contributed by atoms with van der Waals surface area (Å²) in [5.74, 6) is -0.184. The number of carbonyl (C=O) groups is 1. The molecule has 3 aromatic rings. The number of hydrogen-bond donors (Lipinski definition) is 2. The lowest BCUT2D eigenvalue weighted by Crippen LogP contribution is -2.28. The highest BCUT2D eigenvalue weighted by molar-refractivity contribution is 7.90. The van der Waals surface area contributed by atoms with Crippen LogP contribution in [0.15, 0.2) is 52.4 Å². The number of hydrogen-bond acceptors (Lipinski definition) is 6. The van der Waals surface area contributed by atoms with Crippen LogP contribution in [0.1, 0.15) is 18.1 Å². The van der Waals surface area contributed by atoms with E-state index in [9.17, 15) is 13.2 Å². The topological polar surface area (TPSA) is 101 Å². The number of amidine groups is 1. The smallest absolute Gasteiger partial charge is 0.263 e. The Bertz CT molecular complexity index is 1200. The van der Waals surface area contributed by atoms with Gasteiger partial charge in [0.05, 0.1) is 15.1 Å². The van der Waals surface area contributed by atoms with Crippen LogP contribution in [0.2, 0.25) is 0 Å². The third kappa shape index (κ3) is 3.19. The number of fused-ring (bicyclic) bond motifs is 2. The van der Waals surface area contributed by atoms with Gasteiger partial charge in [0.25, 0.3) is 15.9 Å². The first-order valence-corrected chi connectivity index (χ1v) is 10.5. The zero-order chi connectivity index (χ0) is 19.2. The second-order valence-electron chi connectivity index (χ2n) is 6.19. The number of aliphatic imine (C=N–C) groups is 1. The molecule has 9 heteroatoms. The molecule has 0 aliphatic carbocycles. The molecular formula is C18H16N4O3S2. The highest BCUT2D eigenvalue weighted by atomic mass is 32.2. The van der Waals surface area contributed by atoms with E-state index in [1.54, 1.807) is 25.1 Å². The lowest BCUT2D eigenvalue weighted by atomic mass is 10.2. The molecule has 0 saturated carbocycles. The van der Waals surface area contributed by atoms with Crippen LogP contribution in [0.3, 0.4) is 0 Å². The summed E-state index contributed by atoms with van der Waals surface area (Å²) in [7, 11) is -3.63. The summed E-state index contributed by atoms with van der Waals surface area (Å²) < 4.78 is 27.7. The van der Waals surface area contributed by atoms with Gasteiger partial charge in [-0.2, -0.15) is 0 Å². The number of anilines is 1. The zero-order valence-corrected chi connectivity index (χ0v) is 16.2. The van der Waals surface area contributed by atoms with E-state index in [2.05, 4.69) is 20.0 Å². The number of benzene rings is 2. The average molecular weight is 400 g/mol. The van der Waals surface area contributed by atoms with Crippen LogP contribution in [0.4, 0.5) is 5.13 Å². The maximum atomic E-state index is 12.5. The van der Waals surface area contributed by atoms with Gasteiger partial charge in [0, 0.05) is 5.56 Å². The second kappa shape index (κ2) is 6.43. The minimum Gasteiger partial charge on any atom is -0.300 e. The lowest BCUT2D eigenvalue weighted by Gasteiger charge is -2.07. The van der Waals surface area contributed by atoms with Crippen LogP contribution in [0.25, 0.3) is 10.2 Å². The van der Waals surface area contributed by atoms with E-state index in [4.69, 9.17) is 0 Å². The standard InChI is InChI=1S/C18H16N4O3S2/c1-10-6-5-8-13-15(10)20-18(26-13)21-17(23)11(2)19-16-12-7-3-4-9-14(12)27(24,25)22-16/h3-9,11H,1-2H3,(H,19,22)(H,20,21,23). The van der Waals surface area contributed by atoms with Crippen molar-refractivity contribution < 1.29 is 13.2 Å². The van der Waals surface area contributed by atoms with Crippen LogP contribution in [0.5, 0.6) is 0 Å². The van der Waals surface area contributed by atoms with Gasteiger partial charge in [0.1, 0.15) is 11.9 Å². The Balaban J connectivity index is 1.58. The zero-order valence-electron chi connectivity index (χ0n) is 14.6. The van der Waals surface area contributed by atoms with Gasteiger partial charge in [0.15, 0.2) is 5.13 Å². The predicted octanol–water partition coefficient (Wildman–Crippen LogP) is 2.67. The van der Waals surface area contributed by atoms with Gasteiger partial charge in [-0.3, -0.25) is 14.5 Å². The highest BCUT2D eigenvalue weighted by Crippen LogP contribution is 2.28. The molecule has 0 spiro atoms. The van der Waals surface area contributed by atoms with Crippen molar-refractivity contribution >= 4 is 48.5 Å². The summed E-state index contributed by atoms with van der Waals surface area (Å²) in [5, 5.41) is 3.25. The number of thiazole rings is 1. The molecule has 0 radical (unpaired) electrons. The van der Waals surface area contributed by atoms with Gasteiger partial charge in [-0.25, -0.2) is 13.4 Å². The Morgan fingerprint density at radius 1 is 1.22 bits per heavy atom. The molecule has 138 valence electrons. The Kier molecular flexibility index (Phi) is 4.20. The van der Waals surface area contributed by atoms with Crippen molar-refractivity contribution in [1.82, 2.24) is 9.71 Å². The van der Waals surface area contributed by atoms with Crippen LogP contribution < -0.4 is 10.0 Å². The number of nitrogens with zero attached hydrogens (tertiary/aromatic N) is 2. The van der Waals surface area contributed by atoms with Crippen LogP contribution in [0, 0.1) is 6.92 Å². The summed E-state index contributed by atoms with van der Waals surface area (Å²) in [4.78, 5) is 21.4. The molecule has 2 aromatic carbocycles. The summed E-state index contributed by atoms with van der Waals surface area (Å²) in [6.45, 7) is 3.57. The van der Waals surface area contributed by atoms with E-state index in [1.807, 2.05) is 25.1 Å². The van der Waals surface area contributed by atoms with Crippen molar-refractivity contribution in [2.45, 2.75) is 24.8 Å². The van der Waals surface area contributed by atoms with E-state index < -0.39 is 16.1 Å². The number of amides is 1. The molecule has 27 heavy (non-hydrogen) atoms. The number of aromatic nitrogens is 1. The summed E-state index contributed by atoms with van der Waals surface area (Å²) >= 11 is 1.39. The van der Waals surface area contributed by atoms with Crippen LogP contribution in [-0.4, -0.2) is 31.2 Å². The molecule has 0 fully saturated rings. The molecule has 4 rings (SSSR count). The first-order chi connectivity index (χ1) is 12.8. The van der Waals surface area contributed by atoms with Crippen molar-refractivity contribution in [2.75, 3.05) is 5.32 Å². The van der Waals surface area contributed by atoms with E-state index in [0.717, 1.165) is 15.8 Å². The fourth-order valence-electron chi connectivity index (χ4n) is 2.83. The summed E-state index contributed by atoms with van der Waals surface area (Å²) in [6, 6.07) is 11.6. The lowest BCUT2D eigenvalue weighted by molar-refractivity contribution is -0.117. The Morgan fingerprint density at radius 3 is 2.78 bits per heavy atom. The van der Waals surface area contributed by atoms with Crippen molar-refractivity contribution in [1.29, 1.82) is 0 Å². The van der Waals surface area contributed by atoms with E-state index in [1.165, 1.54) is 17.4 Å². The molecule has 1 aliphatic rings.